The first-order valence-electron chi connectivity index (χ1n) is 27.4. The number of rotatable bonds is 26. The number of aliphatic hydroxyl groups is 10. The van der Waals surface area contributed by atoms with E-state index in [9.17, 15) is 70.9 Å². The molecule has 0 radical (unpaired) electrons. The maximum absolute atomic E-state index is 13.7. The standard InChI is InChI=1S/C61H74O22/c1-2-3-4-5-6-7-12-17-40(65)18-13-9-14-19-47(68)81-57-54(74)56(48-39(30-62)28-41(66)29-43(48)67)78-45(32-64)55(57)82-61-58(83-60-53(73)51(71)49(69)44(31-63)79-60)52(72)50(70)46(80-61)34-77-59(75)38-22-20-36(21-23-38)37-24-26-42(27-25-37)76-33-35-15-10-8-11-16-35/h6-17,19-29,40,44-46,49-58,60-67,69-74H,2-5,18,30-34H2,1H3/b7-6+,13-9+,17-12+,19-14+/t40-,44-,45-,46-,49+,50+,51+,52+,53-,54+,55-,56+,57-,58-,60+,61+/m1/s1. The number of allylic oxidation sites excluding steroid dienone is 5. The Labute approximate surface area is 479 Å². The molecule has 12 N–H and O–H groups in total. The van der Waals surface area contributed by atoms with Crippen molar-refractivity contribution in [3.63, 3.8) is 0 Å². The summed E-state index contributed by atoms with van der Waals surface area (Å²) in [4.78, 5) is 27.3. The number of hydrogen-bond acceptors (Lipinski definition) is 22. The number of carbonyl (C=O) groups excluding carboxylic acids is 2. The third-order valence-corrected chi connectivity index (χ3v) is 14.2. The van der Waals surface area contributed by atoms with Gasteiger partial charge in [0.05, 0.1) is 31.5 Å². The van der Waals surface area contributed by atoms with Crippen molar-refractivity contribution < 1.29 is 109 Å². The van der Waals surface area contributed by atoms with Crippen LogP contribution in [0.25, 0.3) is 11.1 Å². The molecule has 22 nitrogen and oxygen atoms in total. The molecule has 3 aliphatic rings. The molecule has 22 heteroatoms. The van der Waals surface area contributed by atoms with Gasteiger partial charge >= 0.3 is 11.9 Å². The van der Waals surface area contributed by atoms with Crippen molar-refractivity contribution in [2.45, 2.75) is 150 Å². The van der Waals surface area contributed by atoms with Crippen molar-refractivity contribution in [1.82, 2.24) is 0 Å². The van der Waals surface area contributed by atoms with Crippen molar-refractivity contribution in [2.75, 3.05) is 19.8 Å². The van der Waals surface area contributed by atoms with Crippen LogP contribution in [0.1, 0.15) is 72.2 Å². The summed E-state index contributed by atoms with van der Waals surface area (Å²) in [7, 11) is 0. The Kier molecular flexibility index (Phi) is 24.3. The third kappa shape index (κ3) is 17.1. The van der Waals surface area contributed by atoms with Gasteiger partial charge in [0, 0.05) is 17.7 Å². The summed E-state index contributed by atoms with van der Waals surface area (Å²) < 4.78 is 47.4. The Morgan fingerprint density at radius 3 is 2.00 bits per heavy atom. The van der Waals surface area contributed by atoms with E-state index in [1.165, 1.54) is 24.3 Å². The van der Waals surface area contributed by atoms with Crippen LogP contribution in [-0.2, 0) is 51.2 Å². The molecule has 450 valence electrons. The molecule has 0 spiro atoms. The van der Waals surface area contributed by atoms with E-state index >= 15 is 0 Å². The highest BCUT2D eigenvalue weighted by atomic mass is 16.8. The SMILES string of the molecule is CCCCC/C=C/C=C/[C@@H](O)C/C=C/C=C/C(=O)O[C@@H]1[C@@H](O)[C@H](c2c(O)cc(O)cc2CO)O[C@H](CO)[C@H]1O[C@@H]1O[C@H](COC(=O)c2ccc(-c3ccc(OCc4ccccc4)cc3)cc2)[C@H](O)[C@H](O)[C@H]1O[C@@H]1O[C@H](CO)[C@H](O)[C@H](O)[C@H]1O. The van der Waals surface area contributed by atoms with E-state index in [1.54, 1.807) is 30.4 Å². The van der Waals surface area contributed by atoms with Crippen molar-refractivity contribution in [3.05, 3.63) is 162 Å². The first-order valence-corrected chi connectivity index (χ1v) is 27.4. The number of phenolic OH excluding ortho intramolecular Hbond substituents is 2. The Balaban J connectivity index is 1.12. The molecule has 7 rings (SSSR count). The molecule has 4 aromatic rings. The lowest BCUT2D eigenvalue weighted by Gasteiger charge is -2.49. The first kappa shape index (κ1) is 64.1. The second kappa shape index (κ2) is 31.5. The summed E-state index contributed by atoms with van der Waals surface area (Å²) in [6.07, 6.45) is -12.6. The summed E-state index contributed by atoms with van der Waals surface area (Å²) in [6.45, 7) is -0.953. The molecule has 0 bridgehead atoms. The van der Waals surface area contributed by atoms with Crippen molar-refractivity contribution in [2.24, 2.45) is 0 Å². The number of esters is 2. The zero-order chi connectivity index (χ0) is 59.6. The Morgan fingerprint density at radius 1 is 0.651 bits per heavy atom. The van der Waals surface area contributed by atoms with E-state index in [0.717, 1.165) is 60.6 Å². The molecule has 3 heterocycles. The Hall–Kier alpha value is -6.42. The van der Waals surface area contributed by atoms with Crippen molar-refractivity contribution in [1.29, 1.82) is 0 Å². The highest BCUT2D eigenvalue weighted by molar-refractivity contribution is 5.90. The maximum Gasteiger partial charge on any atom is 0.338 e. The lowest BCUT2D eigenvalue weighted by Crippen LogP contribution is -2.66. The zero-order valence-corrected chi connectivity index (χ0v) is 45.5. The molecule has 0 aliphatic carbocycles. The minimum atomic E-state index is -2.13. The van der Waals surface area contributed by atoms with Crippen LogP contribution >= 0.6 is 0 Å². The smallest absolute Gasteiger partial charge is 0.338 e. The number of hydrogen-bond donors (Lipinski definition) is 12. The highest BCUT2D eigenvalue weighted by Gasteiger charge is 2.56. The van der Waals surface area contributed by atoms with Gasteiger partial charge in [0.25, 0.3) is 0 Å². The summed E-state index contributed by atoms with van der Waals surface area (Å²) >= 11 is 0. The number of aromatic hydroxyl groups is 2. The van der Waals surface area contributed by atoms with Crippen LogP contribution in [0.2, 0.25) is 0 Å². The summed E-state index contributed by atoms with van der Waals surface area (Å²) in [6, 6.07) is 25.4. The predicted molar refractivity (Wildman–Crippen MR) is 295 cm³/mol. The summed E-state index contributed by atoms with van der Waals surface area (Å²) in [5.41, 5.74) is 2.24. The molecule has 3 aliphatic heterocycles. The Bertz CT molecular complexity index is 2770. The molecule has 3 fully saturated rings. The molecule has 0 unspecified atom stereocenters. The molecule has 0 amide bonds. The van der Waals surface area contributed by atoms with Gasteiger partial charge in [0.1, 0.15) is 104 Å². The lowest BCUT2D eigenvalue weighted by molar-refractivity contribution is -0.382. The molecular weight excluding hydrogens is 1080 g/mol. The van der Waals surface area contributed by atoms with Gasteiger partial charge in [-0.15, -0.1) is 0 Å². The molecule has 16 atom stereocenters. The highest BCUT2D eigenvalue weighted by Crippen LogP contribution is 2.43. The van der Waals surface area contributed by atoms with Crippen LogP contribution in [0, 0.1) is 0 Å². The zero-order valence-electron chi connectivity index (χ0n) is 45.5. The van der Waals surface area contributed by atoms with Gasteiger partial charge in [-0.2, -0.15) is 0 Å². The average molecular weight is 1160 g/mol. The van der Waals surface area contributed by atoms with Crippen LogP contribution < -0.4 is 4.74 Å². The predicted octanol–water partition coefficient (Wildman–Crippen LogP) is 2.97. The monoisotopic (exact) mass is 1160 g/mol. The van der Waals surface area contributed by atoms with E-state index in [4.69, 9.17) is 37.9 Å². The fourth-order valence-corrected chi connectivity index (χ4v) is 9.63. The lowest BCUT2D eigenvalue weighted by atomic mass is 9.88. The molecule has 4 aromatic carbocycles. The fourth-order valence-electron chi connectivity index (χ4n) is 9.63. The second-order valence-electron chi connectivity index (χ2n) is 20.2. The van der Waals surface area contributed by atoms with Gasteiger partial charge in [-0.05, 0) is 71.8 Å². The number of carbonyl (C=O) groups is 2. The third-order valence-electron chi connectivity index (χ3n) is 14.2. The van der Waals surface area contributed by atoms with Gasteiger partial charge in [0.15, 0.2) is 18.7 Å². The number of benzene rings is 4. The maximum atomic E-state index is 13.7. The van der Waals surface area contributed by atoms with E-state index in [0.29, 0.717) is 12.4 Å². The summed E-state index contributed by atoms with van der Waals surface area (Å²) in [5.74, 6) is -2.50. The number of unbranched alkanes of at least 4 members (excludes halogenated alkanes) is 3. The molecular formula is C61H74O22. The van der Waals surface area contributed by atoms with Crippen LogP contribution in [0.4, 0.5) is 0 Å². The largest absolute Gasteiger partial charge is 0.508 e. The van der Waals surface area contributed by atoms with E-state index in [1.807, 2.05) is 66.7 Å². The van der Waals surface area contributed by atoms with Gasteiger partial charge in [-0.25, -0.2) is 9.59 Å². The van der Waals surface area contributed by atoms with Gasteiger partial charge in [0.2, 0.25) is 0 Å². The van der Waals surface area contributed by atoms with Gasteiger partial charge in [-0.1, -0.05) is 117 Å². The Morgan fingerprint density at radius 2 is 1.31 bits per heavy atom. The number of aliphatic hydroxyl groups excluding tert-OH is 10. The molecule has 0 saturated carbocycles. The normalized spacial score (nSPS) is 28.9. The fraction of sp³-hybridized carbons (Fsp3) is 0.443. The quantitative estimate of drug-likeness (QED) is 0.0186. The van der Waals surface area contributed by atoms with Crippen LogP contribution in [0.3, 0.4) is 0 Å². The topological polar surface area (TPSA) is 351 Å². The summed E-state index contributed by atoms with van der Waals surface area (Å²) in [5, 5.41) is 130. The van der Waals surface area contributed by atoms with Crippen molar-refractivity contribution >= 4 is 11.9 Å². The number of phenols is 2. The van der Waals surface area contributed by atoms with Gasteiger partial charge in [-0.3, -0.25) is 0 Å². The van der Waals surface area contributed by atoms with Crippen LogP contribution in [-0.4, -0.2) is 185 Å². The molecule has 83 heavy (non-hydrogen) atoms. The molecule has 0 aromatic heterocycles. The van der Waals surface area contributed by atoms with Crippen LogP contribution in [0.5, 0.6) is 17.2 Å². The van der Waals surface area contributed by atoms with E-state index in [2.05, 4.69) is 6.92 Å². The van der Waals surface area contributed by atoms with Gasteiger partial charge < -0.3 is 99.2 Å². The first-order chi connectivity index (χ1) is 40.0. The second-order valence-corrected chi connectivity index (χ2v) is 20.2. The minimum Gasteiger partial charge on any atom is -0.508 e. The van der Waals surface area contributed by atoms with E-state index < -0.39 is 148 Å². The van der Waals surface area contributed by atoms with Crippen molar-refractivity contribution in [3.8, 4) is 28.4 Å². The minimum absolute atomic E-state index is 0.0807. The average Bonchev–Trinajstić information content (AvgIpc) is 3.00. The van der Waals surface area contributed by atoms with Crippen LogP contribution in [0.15, 0.2) is 140 Å². The number of ether oxygens (including phenoxy) is 8. The van der Waals surface area contributed by atoms with E-state index in [-0.39, 0.29) is 23.1 Å². The molecule has 3 saturated heterocycles.